The van der Waals surface area contributed by atoms with E-state index in [1.165, 1.54) is 35.1 Å². The molecule has 2 rings (SSSR count). The Morgan fingerprint density at radius 1 is 1.11 bits per heavy atom. The minimum Gasteiger partial charge on any atom is -0.376 e. The molecule has 1 amide bonds. The lowest BCUT2D eigenvalue weighted by Gasteiger charge is -2.15. The number of nitrogens with one attached hydrogen (secondary N) is 2. The number of carbonyl (C=O) groups excluding carboxylic acids is 1. The molecule has 7 heteroatoms. The Morgan fingerprint density at radius 3 is 2.41 bits per heavy atom. The minimum absolute atomic E-state index is 0.117. The van der Waals surface area contributed by atoms with Crippen molar-refractivity contribution in [1.82, 2.24) is 9.62 Å². The molecule has 0 unspecified atom stereocenters. The SMILES string of the molecule is C=CCN(C)S(=O)(=O)c1ccc(NCC(=O)NCCc2ccccc2)cc1. The van der Waals surface area contributed by atoms with E-state index < -0.39 is 10.0 Å². The van der Waals surface area contributed by atoms with Crippen LogP contribution in [0.25, 0.3) is 0 Å². The third-order valence-electron chi connectivity index (χ3n) is 3.98. The average Bonchev–Trinajstić information content (AvgIpc) is 2.68. The van der Waals surface area contributed by atoms with E-state index in [1.807, 2.05) is 30.3 Å². The van der Waals surface area contributed by atoms with Gasteiger partial charge in [-0.2, -0.15) is 4.31 Å². The molecule has 0 radical (unpaired) electrons. The Morgan fingerprint density at radius 2 is 1.78 bits per heavy atom. The zero-order valence-corrected chi connectivity index (χ0v) is 16.2. The Kier molecular flexibility index (Phi) is 7.57. The van der Waals surface area contributed by atoms with Gasteiger partial charge < -0.3 is 10.6 Å². The quantitative estimate of drug-likeness (QED) is 0.613. The lowest BCUT2D eigenvalue weighted by molar-refractivity contribution is -0.119. The van der Waals surface area contributed by atoms with Gasteiger partial charge in [-0.25, -0.2) is 8.42 Å². The first kappa shape index (κ1) is 20.7. The van der Waals surface area contributed by atoms with Gasteiger partial charge in [0.25, 0.3) is 0 Å². The summed E-state index contributed by atoms with van der Waals surface area (Å²) in [6, 6.07) is 16.3. The largest absolute Gasteiger partial charge is 0.376 e. The molecule has 0 spiro atoms. The van der Waals surface area contributed by atoms with Crippen molar-refractivity contribution >= 4 is 21.6 Å². The van der Waals surface area contributed by atoms with Crippen molar-refractivity contribution in [2.75, 3.05) is 32.0 Å². The average molecular weight is 388 g/mol. The highest BCUT2D eigenvalue weighted by Gasteiger charge is 2.19. The molecule has 0 aliphatic rings. The Bertz CT molecular complexity index is 850. The molecule has 0 heterocycles. The van der Waals surface area contributed by atoms with Gasteiger partial charge in [-0.15, -0.1) is 6.58 Å². The van der Waals surface area contributed by atoms with Gasteiger partial charge in [-0.3, -0.25) is 4.79 Å². The smallest absolute Gasteiger partial charge is 0.243 e. The van der Waals surface area contributed by atoms with Crippen LogP contribution >= 0.6 is 0 Å². The summed E-state index contributed by atoms with van der Waals surface area (Å²) >= 11 is 0. The number of anilines is 1. The van der Waals surface area contributed by atoms with Crippen LogP contribution in [0.5, 0.6) is 0 Å². The van der Waals surface area contributed by atoms with Gasteiger partial charge in [0.05, 0.1) is 11.4 Å². The summed E-state index contributed by atoms with van der Waals surface area (Å²) in [4.78, 5) is 12.1. The van der Waals surface area contributed by atoms with Gasteiger partial charge in [0, 0.05) is 25.8 Å². The first-order chi connectivity index (χ1) is 12.9. The van der Waals surface area contributed by atoms with E-state index >= 15 is 0 Å². The number of benzene rings is 2. The number of sulfonamides is 1. The second kappa shape index (κ2) is 9.89. The molecular weight excluding hydrogens is 362 g/mol. The fourth-order valence-electron chi connectivity index (χ4n) is 2.44. The van der Waals surface area contributed by atoms with Gasteiger partial charge in [-0.05, 0) is 36.2 Å². The molecule has 0 atom stereocenters. The van der Waals surface area contributed by atoms with E-state index in [4.69, 9.17) is 0 Å². The topological polar surface area (TPSA) is 78.5 Å². The van der Waals surface area contributed by atoms with Crippen LogP contribution in [-0.2, 0) is 21.2 Å². The highest BCUT2D eigenvalue weighted by molar-refractivity contribution is 7.89. The highest BCUT2D eigenvalue weighted by Crippen LogP contribution is 2.17. The fraction of sp³-hybridized carbons (Fsp3) is 0.250. The first-order valence-corrected chi connectivity index (χ1v) is 10.1. The number of hydrogen-bond acceptors (Lipinski definition) is 4. The Balaban J connectivity index is 1.80. The molecule has 0 aliphatic carbocycles. The van der Waals surface area contributed by atoms with Gasteiger partial charge >= 0.3 is 0 Å². The van der Waals surface area contributed by atoms with E-state index in [0.717, 1.165) is 6.42 Å². The second-order valence-electron chi connectivity index (χ2n) is 6.04. The van der Waals surface area contributed by atoms with E-state index in [-0.39, 0.29) is 23.9 Å². The van der Waals surface area contributed by atoms with Crippen molar-refractivity contribution < 1.29 is 13.2 Å². The number of hydrogen-bond donors (Lipinski definition) is 2. The minimum atomic E-state index is -3.53. The summed E-state index contributed by atoms with van der Waals surface area (Å²) in [7, 11) is -2.03. The number of carbonyl (C=O) groups is 1. The highest BCUT2D eigenvalue weighted by atomic mass is 32.2. The standard InChI is InChI=1S/C20H25N3O3S/c1-3-15-23(2)27(25,26)19-11-9-18(10-12-19)22-16-20(24)21-14-13-17-7-5-4-6-8-17/h3-12,22H,1,13-16H2,2H3,(H,21,24). The van der Waals surface area contributed by atoms with E-state index in [9.17, 15) is 13.2 Å². The van der Waals surface area contributed by atoms with Crippen LogP contribution in [0.4, 0.5) is 5.69 Å². The molecule has 2 aromatic rings. The molecule has 2 aromatic carbocycles. The van der Waals surface area contributed by atoms with Crippen molar-refractivity contribution in [3.63, 3.8) is 0 Å². The summed E-state index contributed by atoms with van der Waals surface area (Å²) in [5, 5.41) is 5.84. The van der Waals surface area contributed by atoms with E-state index in [2.05, 4.69) is 17.2 Å². The molecule has 144 valence electrons. The lowest BCUT2D eigenvalue weighted by atomic mass is 10.1. The maximum Gasteiger partial charge on any atom is 0.243 e. The molecule has 0 bridgehead atoms. The van der Waals surface area contributed by atoms with Gasteiger partial charge in [0.15, 0.2) is 0 Å². The number of rotatable bonds is 10. The summed E-state index contributed by atoms with van der Waals surface area (Å²) in [5.74, 6) is -0.117. The zero-order valence-electron chi connectivity index (χ0n) is 15.4. The predicted molar refractivity (Wildman–Crippen MR) is 108 cm³/mol. The first-order valence-electron chi connectivity index (χ1n) is 8.65. The second-order valence-corrected chi connectivity index (χ2v) is 8.08. The molecule has 0 fully saturated rings. The van der Waals surface area contributed by atoms with Crippen molar-refractivity contribution in [1.29, 1.82) is 0 Å². The maximum absolute atomic E-state index is 12.3. The van der Waals surface area contributed by atoms with Crippen molar-refractivity contribution in [3.05, 3.63) is 72.8 Å². The molecule has 27 heavy (non-hydrogen) atoms. The van der Waals surface area contributed by atoms with Crippen LogP contribution in [-0.4, -0.2) is 45.3 Å². The Hall–Kier alpha value is -2.64. The molecular formula is C20H25N3O3S. The van der Waals surface area contributed by atoms with Crippen LogP contribution in [0.1, 0.15) is 5.56 Å². The van der Waals surface area contributed by atoms with Crippen LogP contribution in [0.3, 0.4) is 0 Å². The number of nitrogens with zero attached hydrogens (tertiary/aromatic N) is 1. The number of amides is 1. The molecule has 0 aromatic heterocycles. The number of likely N-dealkylation sites (N-methyl/N-ethyl adjacent to an activating group) is 1. The van der Waals surface area contributed by atoms with Crippen LogP contribution in [0.2, 0.25) is 0 Å². The van der Waals surface area contributed by atoms with E-state index in [1.54, 1.807) is 12.1 Å². The van der Waals surface area contributed by atoms with Gasteiger partial charge in [0.1, 0.15) is 0 Å². The summed E-state index contributed by atoms with van der Waals surface area (Å²) in [5.41, 5.74) is 1.85. The Labute approximate surface area is 161 Å². The fourth-order valence-corrected chi connectivity index (χ4v) is 3.58. The molecule has 0 saturated carbocycles. The maximum atomic E-state index is 12.3. The summed E-state index contributed by atoms with van der Waals surface area (Å²) in [6.45, 7) is 4.48. The monoisotopic (exact) mass is 387 g/mol. The third-order valence-corrected chi connectivity index (χ3v) is 5.82. The lowest BCUT2D eigenvalue weighted by Crippen LogP contribution is -2.31. The van der Waals surface area contributed by atoms with Crippen LogP contribution in [0.15, 0.2) is 72.1 Å². The zero-order chi connectivity index (χ0) is 19.7. The van der Waals surface area contributed by atoms with E-state index in [0.29, 0.717) is 12.2 Å². The van der Waals surface area contributed by atoms with Crippen molar-refractivity contribution in [2.24, 2.45) is 0 Å². The van der Waals surface area contributed by atoms with Crippen LogP contribution in [0, 0.1) is 0 Å². The molecule has 0 aliphatic heterocycles. The summed E-state index contributed by atoms with van der Waals surface area (Å²) in [6.07, 6.45) is 2.31. The van der Waals surface area contributed by atoms with Gasteiger partial charge in [-0.1, -0.05) is 36.4 Å². The predicted octanol–water partition coefficient (Wildman–Crippen LogP) is 2.26. The van der Waals surface area contributed by atoms with Crippen molar-refractivity contribution in [2.45, 2.75) is 11.3 Å². The normalized spacial score (nSPS) is 11.2. The third kappa shape index (κ3) is 6.23. The van der Waals surface area contributed by atoms with Crippen molar-refractivity contribution in [3.8, 4) is 0 Å². The molecule has 0 saturated heterocycles. The molecule has 6 nitrogen and oxygen atoms in total. The molecule has 2 N–H and O–H groups in total. The van der Waals surface area contributed by atoms with Crippen LogP contribution < -0.4 is 10.6 Å². The summed E-state index contributed by atoms with van der Waals surface area (Å²) < 4.78 is 25.9. The van der Waals surface area contributed by atoms with Gasteiger partial charge in [0.2, 0.25) is 15.9 Å².